The number of fused-ring (bicyclic) bond motifs is 1. The summed E-state index contributed by atoms with van der Waals surface area (Å²) in [5.74, 6) is 0.767. The Balaban J connectivity index is 1.85. The highest BCUT2D eigenvalue weighted by Gasteiger charge is 2.15. The SMILES string of the molecule is CCOCCCn1c(NC(=O)c2ccnc(C)n2)nc2ccccc21. The molecular formula is C18H21N5O2. The lowest BCUT2D eigenvalue weighted by atomic mass is 10.3. The maximum Gasteiger partial charge on any atom is 0.276 e. The topological polar surface area (TPSA) is 81.9 Å². The van der Waals surface area contributed by atoms with Gasteiger partial charge in [0.25, 0.3) is 5.91 Å². The number of ether oxygens (including phenoxy) is 1. The van der Waals surface area contributed by atoms with Crippen LogP contribution in [0, 0.1) is 6.92 Å². The minimum absolute atomic E-state index is 0.299. The maximum atomic E-state index is 12.5. The van der Waals surface area contributed by atoms with Gasteiger partial charge in [0.1, 0.15) is 11.5 Å². The first-order valence-corrected chi connectivity index (χ1v) is 8.33. The Hall–Kier alpha value is -2.80. The van der Waals surface area contributed by atoms with E-state index >= 15 is 0 Å². The first-order chi connectivity index (χ1) is 12.2. The maximum absolute atomic E-state index is 12.5. The molecule has 25 heavy (non-hydrogen) atoms. The molecule has 1 amide bonds. The summed E-state index contributed by atoms with van der Waals surface area (Å²) in [6.07, 6.45) is 2.41. The fourth-order valence-corrected chi connectivity index (χ4v) is 2.61. The van der Waals surface area contributed by atoms with Crippen molar-refractivity contribution in [1.82, 2.24) is 19.5 Å². The van der Waals surface area contributed by atoms with Crippen molar-refractivity contribution in [3.8, 4) is 0 Å². The minimum atomic E-state index is -0.299. The lowest BCUT2D eigenvalue weighted by Gasteiger charge is -2.10. The molecule has 2 heterocycles. The van der Waals surface area contributed by atoms with Crippen molar-refractivity contribution in [2.24, 2.45) is 0 Å². The summed E-state index contributed by atoms with van der Waals surface area (Å²) in [6.45, 7) is 5.80. The molecule has 0 aliphatic carbocycles. The van der Waals surface area contributed by atoms with Crippen molar-refractivity contribution < 1.29 is 9.53 Å². The van der Waals surface area contributed by atoms with Crippen LogP contribution >= 0.6 is 0 Å². The number of rotatable bonds is 7. The minimum Gasteiger partial charge on any atom is -0.382 e. The molecule has 0 spiro atoms. The van der Waals surface area contributed by atoms with Crippen molar-refractivity contribution in [3.63, 3.8) is 0 Å². The largest absolute Gasteiger partial charge is 0.382 e. The van der Waals surface area contributed by atoms with E-state index < -0.39 is 0 Å². The van der Waals surface area contributed by atoms with E-state index in [0.717, 1.165) is 17.5 Å². The van der Waals surface area contributed by atoms with Gasteiger partial charge in [-0.15, -0.1) is 0 Å². The van der Waals surface area contributed by atoms with Gasteiger partial charge in [-0.05, 0) is 38.5 Å². The van der Waals surface area contributed by atoms with E-state index in [-0.39, 0.29) is 5.91 Å². The van der Waals surface area contributed by atoms with Gasteiger partial charge >= 0.3 is 0 Å². The second-order valence-electron chi connectivity index (χ2n) is 5.57. The number of benzene rings is 1. The Labute approximate surface area is 146 Å². The second kappa shape index (κ2) is 7.85. The van der Waals surface area contributed by atoms with E-state index in [0.29, 0.717) is 37.2 Å². The zero-order valence-electron chi connectivity index (χ0n) is 14.4. The lowest BCUT2D eigenvalue weighted by Crippen LogP contribution is -2.18. The van der Waals surface area contributed by atoms with Crippen molar-refractivity contribution in [3.05, 3.63) is 48.0 Å². The number of para-hydroxylation sites is 2. The van der Waals surface area contributed by atoms with Gasteiger partial charge in [0.15, 0.2) is 0 Å². The second-order valence-corrected chi connectivity index (χ2v) is 5.57. The number of nitrogens with zero attached hydrogens (tertiary/aromatic N) is 4. The van der Waals surface area contributed by atoms with Gasteiger partial charge < -0.3 is 9.30 Å². The van der Waals surface area contributed by atoms with Crippen LogP contribution < -0.4 is 5.32 Å². The molecule has 130 valence electrons. The molecular weight excluding hydrogens is 318 g/mol. The number of nitrogens with one attached hydrogen (secondary N) is 1. The van der Waals surface area contributed by atoms with Crippen LogP contribution in [0.2, 0.25) is 0 Å². The predicted octanol–water partition coefficient (Wildman–Crippen LogP) is 2.81. The number of amides is 1. The molecule has 1 aromatic carbocycles. The van der Waals surface area contributed by atoms with E-state index in [1.807, 2.05) is 35.8 Å². The van der Waals surface area contributed by atoms with Gasteiger partial charge in [0.05, 0.1) is 11.0 Å². The predicted molar refractivity (Wildman–Crippen MR) is 95.6 cm³/mol. The molecule has 0 radical (unpaired) electrons. The first kappa shape index (κ1) is 17.0. The third-order valence-corrected chi connectivity index (χ3v) is 3.76. The van der Waals surface area contributed by atoms with Crippen molar-refractivity contribution in [2.75, 3.05) is 18.5 Å². The van der Waals surface area contributed by atoms with Crippen LogP contribution in [0.15, 0.2) is 36.5 Å². The zero-order chi connectivity index (χ0) is 17.6. The highest BCUT2D eigenvalue weighted by Crippen LogP contribution is 2.20. The fraction of sp³-hybridized carbons (Fsp3) is 0.333. The van der Waals surface area contributed by atoms with Crippen LogP contribution in [0.5, 0.6) is 0 Å². The van der Waals surface area contributed by atoms with Gasteiger partial charge in [-0.3, -0.25) is 10.1 Å². The lowest BCUT2D eigenvalue weighted by molar-refractivity contribution is 0.102. The van der Waals surface area contributed by atoms with E-state index in [1.165, 1.54) is 0 Å². The molecule has 3 aromatic rings. The summed E-state index contributed by atoms with van der Waals surface area (Å²) in [7, 11) is 0. The number of aromatic nitrogens is 4. The molecule has 7 nitrogen and oxygen atoms in total. The van der Waals surface area contributed by atoms with E-state index in [2.05, 4.69) is 20.3 Å². The monoisotopic (exact) mass is 339 g/mol. The molecule has 0 saturated carbocycles. The summed E-state index contributed by atoms with van der Waals surface area (Å²) >= 11 is 0. The number of hydrogen-bond donors (Lipinski definition) is 1. The van der Waals surface area contributed by atoms with Crippen LogP contribution in [0.25, 0.3) is 11.0 Å². The summed E-state index contributed by atoms with van der Waals surface area (Å²) in [5.41, 5.74) is 2.14. The number of carbonyl (C=O) groups is 1. The third kappa shape index (κ3) is 4.00. The average Bonchev–Trinajstić information content (AvgIpc) is 2.96. The Morgan fingerprint density at radius 1 is 1.24 bits per heavy atom. The molecule has 0 bridgehead atoms. The van der Waals surface area contributed by atoms with Gasteiger partial charge in [-0.2, -0.15) is 0 Å². The molecule has 0 atom stereocenters. The first-order valence-electron chi connectivity index (χ1n) is 8.33. The van der Waals surface area contributed by atoms with Crippen LogP contribution in [-0.2, 0) is 11.3 Å². The van der Waals surface area contributed by atoms with Gasteiger partial charge in [0, 0.05) is 26.0 Å². The summed E-state index contributed by atoms with van der Waals surface area (Å²) in [6, 6.07) is 9.40. The molecule has 0 fully saturated rings. The van der Waals surface area contributed by atoms with E-state index in [4.69, 9.17) is 4.74 Å². The third-order valence-electron chi connectivity index (χ3n) is 3.76. The van der Waals surface area contributed by atoms with Crippen molar-refractivity contribution in [1.29, 1.82) is 0 Å². The van der Waals surface area contributed by atoms with Gasteiger partial charge in [-0.25, -0.2) is 15.0 Å². The number of hydrogen-bond acceptors (Lipinski definition) is 5. The van der Waals surface area contributed by atoms with E-state index in [9.17, 15) is 4.79 Å². The van der Waals surface area contributed by atoms with Crippen LogP contribution in [0.1, 0.15) is 29.7 Å². The van der Waals surface area contributed by atoms with Crippen molar-refractivity contribution >= 4 is 22.9 Å². The van der Waals surface area contributed by atoms with Crippen LogP contribution in [-0.4, -0.2) is 38.6 Å². The standard InChI is InChI=1S/C18H21N5O2/c1-3-25-12-6-11-23-16-8-5-4-7-14(16)21-18(23)22-17(24)15-9-10-19-13(2)20-15/h4-5,7-10H,3,6,11-12H2,1-2H3,(H,21,22,24). The molecule has 0 unspecified atom stereocenters. The molecule has 1 N–H and O–H groups in total. The Morgan fingerprint density at radius 3 is 2.88 bits per heavy atom. The highest BCUT2D eigenvalue weighted by molar-refractivity contribution is 6.02. The Morgan fingerprint density at radius 2 is 2.08 bits per heavy atom. The molecule has 7 heteroatoms. The normalized spacial score (nSPS) is 11.0. The molecule has 0 aliphatic rings. The summed E-state index contributed by atoms with van der Waals surface area (Å²) in [5, 5.41) is 2.87. The number of imidazole rings is 1. The molecule has 3 rings (SSSR count). The quantitative estimate of drug-likeness (QED) is 0.669. The fourth-order valence-electron chi connectivity index (χ4n) is 2.61. The molecule has 2 aromatic heterocycles. The van der Waals surface area contributed by atoms with Gasteiger partial charge in [0.2, 0.25) is 5.95 Å². The van der Waals surface area contributed by atoms with E-state index in [1.54, 1.807) is 19.2 Å². The number of carbonyl (C=O) groups excluding carboxylic acids is 1. The van der Waals surface area contributed by atoms with Crippen molar-refractivity contribution in [2.45, 2.75) is 26.8 Å². The highest BCUT2D eigenvalue weighted by atomic mass is 16.5. The smallest absolute Gasteiger partial charge is 0.276 e. The Kier molecular flexibility index (Phi) is 5.35. The Bertz CT molecular complexity index is 875. The number of anilines is 1. The van der Waals surface area contributed by atoms with Gasteiger partial charge in [-0.1, -0.05) is 12.1 Å². The molecule has 0 aliphatic heterocycles. The number of aryl methyl sites for hydroxylation is 2. The van der Waals surface area contributed by atoms with Crippen LogP contribution in [0.4, 0.5) is 5.95 Å². The summed E-state index contributed by atoms with van der Waals surface area (Å²) in [4.78, 5) is 25.2. The zero-order valence-corrected chi connectivity index (χ0v) is 14.4. The molecule has 0 saturated heterocycles. The van der Waals surface area contributed by atoms with Crippen LogP contribution in [0.3, 0.4) is 0 Å². The average molecular weight is 339 g/mol. The summed E-state index contributed by atoms with van der Waals surface area (Å²) < 4.78 is 7.41.